The number of hydrogen-bond acceptors (Lipinski definition) is 6. The minimum atomic E-state index is -0.995. The number of hydrogen-bond donors (Lipinski definition) is 4. The molecular formula is C30H33ClN2O5. The molecular weight excluding hydrogens is 504 g/mol. The Morgan fingerprint density at radius 2 is 1.76 bits per heavy atom. The molecule has 38 heavy (non-hydrogen) atoms. The van der Waals surface area contributed by atoms with Crippen molar-refractivity contribution >= 4 is 23.3 Å². The maximum absolute atomic E-state index is 11.8. The summed E-state index contributed by atoms with van der Waals surface area (Å²) in [7, 11) is 0. The molecule has 1 heterocycles. The molecule has 0 amide bonds. The van der Waals surface area contributed by atoms with E-state index in [-0.39, 0.29) is 17.6 Å². The Kier molecular flexibility index (Phi) is 8.49. The first-order valence-corrected chi connectivity index (χ1v) is 13.5. The smallest absolute Gasteiger partial charge is 0.335 e. The van der Waals surface area contributed by atoms with Crippen molar-refractivity contribution in [2.24, 2.45) is 0 Å². The van der Waals surface area contributed by atoms with E-state index in [4.69, 9.17) is 21.1 Å². The summed E-state index contributed by atoms with van der Waals surface area (Å²) in [6.45, 7) is 1.86. The quantitative estimate of drug-likeness (QED) is 0.282. The van der Waals surface area contributed by atoms with E-state index in [1.807, 2.05) is 30.3 Å². The Balaban J connectivity index is 1.24. The summed E-state index contributed by atoms with van der Waals surface area (Å²) in [5.74, 6) is 0.159. The van der Waals surface area contributed by atoms with Crippen LogP contribution in [0.2, 0.25) is 5.02 Å². The predicted octanol–water partition coefficient (Wildman–Crippen LogP) is 5.60. The normalized spacial score (nSPS) is 18.4. The minimum absolute atomic E-state index is 0.179. The van der Waals surface area contributed by atoms with E-state index < -0.39 is 12.1 Å². The number of fused-ring (bicyclic) bond motifs is 1. The lowest BCUT2D eigenvalue weighted by Gasteiger charge is -2.27. The third-order valence-corrected chi connectivity index (χ3v) is 7.49. The maximum Gasteiger partial charge on any atom is 0.335 e. The molecule has 1 aliphatic carbocycles. The highest BCUT2D eigenvalue weighted by atomic mass is 35.5. The number of carboxylic acid groups (broad SMARTS) is 1. The van der Waals surface area contributed by atoms with Gasteiger partial charge in [-0.15, -0.1) is 0 Å². The van der Waals surface area contributed by atoms with Gasteiger partial charge >= 0.3 is 5.97 Å². The zero-order chi connectivity index (χ0) is 26.5. The zero-order valence-corrected chi connectivity index (χ0v) is 21.9. The molecule has 0 unspecified atom stereocenters. The fourth-order valence-electron chi connectivity index (χ4n) is 5.13. The van der Waals surface area contributed by atoms with Crippen molar-refractivity contribution < 1.29 is 24.5 Å². The van der Waals surface area contributed by atoms with Crippen LogP contribution in [0.25, 0.3) is 0 Å². The summed E-state index contributed by atoms with van der Waals surface area (Å²) in [5.41, 5.74) is 4.23. The van der Waals surface area contributed by atoms with Gasteiger partial charge in [-0.25, -0.2) is 4.79 Å². The summed E-state index contributed by atoms with van der Waals surface area (Å²) in [6, 6.07) is 18.9. The van der Waals surface area contributed by atoms with Crippen LogP contribution in [0, 0.1) is 0 Å². The topological polar surface area (TPSA) is 100 Å². The molecule has 0 radical (unpaired) electrons. The third-order valence-electron chi connectivity index (χ3n) is 7.24. The first-order valence-electron chi connectivity index (χ1n) is 13.1. The van der Waals surface area contributed by atoms with Gasteiger partial charge in [0.25, 0.3) is 0 Å². The van der Waals surface area contributed by atoms with Crippen molar-refractivity contribution in [3.05, 3.63) is 87.9 Å². The largest absolute Gasteiger partial charge is 0.478 e. The van der Waals surface area contributed by atoms with Gasteiger partial charge in [0.2, 0.25) is 0 Å². The van der Waals surface area contributed by atoms with Gasteiger partial charge in [0.05, 0.1) is 11.7 Å². The molecule has 8 heteroatoms. The van der Waals surface area contributed by atoms with Crippen molar-refractivity contribution in [1.29, 1.82) is 0 Å². The van der Waals surface area contributed by atoms with E-state index in [2.05, 4.69) is 16.7 Å². The second-order valence-corrected chi connectivity index (χ2v) is 10.5. The molecule has 3 aromatic carbocycles. The molecule has 0 bridgehead atoms. The van der Waals surface area contributed by atoms with E-state index in [0.717, 1.165) is 43.4 Å². The van der Waals surface area contributed by atoms with Crippen LogP contribution < -0.4 is 15.4 Å². The molecule has 0 spiro atoms. The molecule has 3 aromatic rings. The second kappa shape index (κ2) is 12.2. The molecule has 7 nitrogen and oxygen atoms in total. The number of benzene rings is 3. The van der Waals surface area contributed by atoms with Crippen molar-refractivity contribution in [2.45, 2.75) is 50.3 Å². The van der Waals surface area contributed by atoms with Gasteiger partial charge in [-0.1, -0.05) is 29.8 Å². The summed E-state index contributed by atoms with van der Waals surface area (Å²) >= 11 is 5.95. The van der Waals surface area contributed by atoms with Crippen molar-refractivity contribution in [1.82, 2.24) is 5.32 Å². The Labute approximate surface area is 227 Å². The molecule has 2 aliphatic rings. The Bertz CT molecular complexity index is 1260. The molecule has 200 valence electrons. The second-order valence-electron chi connectivity index (χ2n) is 10.0. The highest BCUT2D eigenvalue weighted by Crippen LogP contribution is 2.31. The number of ether oxygens (including phenoxy) is 2. The van der Waals surface area contributed by atoms with E-state index >= 15 is 0 Å². The number of halogens is 1. The van der Waals surface area contributed by atoms with Crippen molar-refractivity contribution in [3.8, 4) is 11.5 Å². The number of carboxylic acids is 1. The summed E-state index contributed by atoms with van der Waals surface area (Å²) < 4.78 is 11.6. The highest BCUT2D eigenvalue weighted by Gasteiger charge is 2.21. The summed E-state index contributed by atoms with van der Waals surface area (Å²) in [4.78, 5) is 11.8. The first kappa shape index (κ1) is 26.5. The van der Waals surface area contributed by atoms with Crippen LogP contribution in [0.5, 0.6) is 11.5 Å². The van der Waals surface area contributed by atoms with E-state index in [1.54, 1.807) is 24.3 Å². The number of aliphatic hydroxyl groups excluding tert-OH is 1. The van der Waals surface area contributed by atoms with Crippen LogP contribution in [0.3, 0.4) is 0 Å². The molecule has 0 aromatic heterocycles. The van der Waals surface area contributed by atoms with Crippen LogP contribution in [0.15, 0.2) is 60.7 Å². The van der Waals surface area contributed by atoms with Gasteiger partial charge in [-0.05, 0) is 85.2 Å². The average Bonchev–Trinajstić information content (AvgIpc) is 2.92. The number of carbonyl (C=O) groups is 1. The lowest BCUT2D eigenvalue weighted by Crippen LogP contribution is -2.37. The number of aliphatic hydroxyl groups is 1. The Morgan fingerprint density at radius 3 is 2.53 bits per heavy atom. The highest BCUT2D eigenvalue weighted by molar-refractivity contribution is 6.30. The number of aryl methyl sites for hydroxylation is 1. The molecule has 1 aliphatic heterocycles. The zero-order valence-electron chi connectivity index (χ0n) is 21.2. The summed E-state index contributed by atoms with van der Waals surface area (Å²) in [5, 5.41) is 27.8. The van der Waals surface area contributed by atoms with Crippen molar-refractivity contribution in [2.75, 3.05) is 25.1 Å². The predicted molar refractivity (Wildman–Crippen MR) is 148 cm³/mol. The van der Waals surface area contributed by atoms with Crippen LogP contribution in [0.1, 0.15) is 52.4 Å². The lowest BCUT2D eigenvalue weighted by atomic mass is 9.88. The Hall–Kier alpha value is -3.10. The fraction of sp³-hybridized carbons (Fsp3) is 0.367. The minimum Gasteiger partial charge on any atom is -0.478 e. The monoisotopic (exact) mass is 536 g/mol. The van der Waals surface area contributed by atoms with Crippen LogP contribution >= 0.6 is 11.6 Å². The van der Waals surface area contributed by atoms with Gasteiger partial charge in [-0.3, -0.25) is 0 Å². The molecule has 5 rings (SSSR count). The lowest BCUT2D eigenvalue weighted by molar-refractivity contribution is 0.0696. The van der Waals surface area contributed by atoms with Gasteiger partial charge in [0.1, 0.15) is 11.5 Å². The molecule has 1 fully saturated rings. The van der Waals surface area contributed by atoms with Gasteiger partial charge in [0.15, 0.2) is 0 Å². The van der Waals surface area contributed by atoms with Gasteiger partial charge in [-0.2, -0.15) is 0 Å². The molecule has 4 N–H and O–H groups in total. The van der Waals surface area contributed by atoms with Gasteiger partial charge < -0.3 is 30.3 Å². The number of rotatable bonds is 9. The number of anilines is 1. The van der Waals surface area contributed by atoms with E-state index in [9.17, 15) is 15.0 Å². The molecule has 1 saturated heterocycles. The van der Waals surface area contributed by atoms with E-state index in [0.29, 0.717) is 36.3 Å². The summed E-state index contributed by atoms with van der Waals surface area (Å²) in [6.07, 6.45) is 3.91. The first-order chi connectivity index (χ1) is 18.4. The van der Waals surface area contributed by atoms with Crippen LogP contribution in [0.4, 0.5) is 5.69 Å². The molecule has 2 atom stereocenters. The SMILES string of the molecule is O=C(O)c1cc(NC2CCOCC2)cc(Oc2ccc3c(c2)C[C@@H](NC[C@@H](O)c2ccc(Cl)cc2)CC3)c1. The third kappa shape index (κ3) is 6.85. The van der Waals surface area contributed by atoms with Crippen LogP contribution in [-0.4, -0.2) is 48.0 Å². The standard InChI is InChI=1S/C30H33ClN2O5/c31-23-5-1-20(2-6-23)29(34)18-32-25-7-3-19-4-8-27(15-21(19)13-25)38-28-16-22(30(35)36)14-26(17-28)33-24-9-11-37-12-10-24/h1-2,4-6,8,14-17,24-25,29,32-34H,3,7,9-13,18H2,(H,35,36)/t25-,29+/m0/s1. The van der Waals surface area contributed by atoms with E-state index in [1.165, 1.54) is 11.1 Å². The maximum atomic E-state index is 11.8. The van der Waals surface area contributed by atoms with Gasteiger partial charge in [0, 0.05) is 48.6 Å². The molecule has 0 saturated carbocycles. The fourth-order valence-corrected chi connectivity index (χ4v) is 5.26. The average molecular weight is 537 g/mol. The number of nitrogens with one attached hydrogen (secondary N) is 2. The van der Waals surface area contributed by atoms with Crippen molar-refractivity contribution in [3.63, 3.8) is 0 Å². The Morgan fingerprint density at radius 1 is 0.974 bits per heavy atom. The van der Waals surface area contributed by atoms with Crippen LogP contribution in [-0.2, 0) is 17.6 Å². The number of aromatic carboxylic acids is 1.